The number of rotatable bonds is 10. The molecule has 0 amide bonds. The minimum absolute atomic E-state index is 0.161. The molecule has 4 heteroatoms. The van der Waals surface area contributed by atoms with Gasteiger partial charge in [0.1, 0.15) is 10.3 Å². The highest BCUT2D eigenvalue weighted by molar-refractivity contribution is 9.10. The van der Waals surface area contributed by atoms with Crippen LogP contribution < -0.4 is 0 Å². The van der Waals surface area contributed by atoms with E-state index < -0.39 is 0 Å². The lowest BCUT2D eigenvalue weighted by atomic mass is 9.77. The van der Waals surface area contributed by atoms with Gasteiger partial charge in [0.25, 0.3) is 0 Å². The van der Waals surface area contributed by atoms with E-state index >= 15 is 0 Å². The van der Waals surface area contributed by atoms with E-state index in [0.717, 1.165) is 10.3 Å². The molecule has 0 spiro atoms. The van der Waals surface area contributed by atoms with Crippen molar-refractivity contribution in [2.75, 3.05) is 0 Å². The van der Waals surface area contributed by atoms with E-state index in [9.17, 15) is 0 Å². The molecule has 19 heavy (non-hydrogen) atoms. The molecular weight excluding hydrogens is 302 g/mol. The van der Waals surface area contributed by atoms with Crippen molar-refractivity contribution >= 4 is 15.9 Å². The van der Waals surface area contributed by atoms with Crippen LogP contribution in [0.4, 0.5) is 0 Å². The maximum atomic E-state index is 4.31. The number of aromatic nitrogens is 3. The van der Waals surface area contributed by atoms with E-state index in [-0.39, 0.29) is 5.41 Å². The van der Waals surface area contributed by atoms with E-state index in [1.54, 1.807) is 0 Å². The van der Waals surface area contributed by atoms with E-state index in [1.807, 2.05) is 0 Å². The number of unbranched alkanes of at least 4 members (excludes halogenated alkanes) is 5. The number of aromatic amines is 1. The summed E-state index contributed by atoms with van der Waals surface area (Å²) < 4.78 is 0.960. The fourth-order valence-corrected chi connectivity index (χ4v) is 3.31. The first-order valence-corrected chi connectivity index (χ1v) is 8.50. The van der Waals surface area contributed by atoms with Gasteiger partial charge in [-0.25, -0.2) is 0 Å². The van der Waals surface area contributed by atoms with Gasteiger partial charge in [-0.15, -0.1) is 5.10 Å². The largest absolute Gasteiger partial charge is 0.251 e. The predicted molar refractivity (Wildman–Crippen MR) is 84.3 cm³/mol. The lowest BCUT2D eigenvalue weighted by molar-refractivity contribution is 0.355. The molecule has 0 bridgehead atoms. The van der Waals surface area contributed by atoms with Gasteiger partial charge in [0, 0.05) is 5.41 Å². The molecule has 0 aliphatic rings. The zero-order valence-electron chi connectivity index (χ0n) is 12.6. The zero-order chi connectivity index (χ0) is 14.1. The smallest absolute Gasteiger partial charge is 0.124 e. The first kappa shape index (κ1) is 16.7. The normalized spacial score (nSPS) is 14.5. The summed E-state index contributed by atoms with van der Waals surface area (Å²) in [6.07, 6.45) is 11.5. The van der Waals surface area contributed by atoms with Crippen molar-refractivity contribution in [2.45, 2.75) is 84.0 Å². The molecule has 0 saturated heterocycles. The number of halogens is 1. The van der Waals surface area contributed by atoms with Crippen LogP contribution in [0.5, 0.6) is 0 Å². The maximum Gasteiger partial charge on any atom is 0.124 e. The minimum atomic E-state index is 0.161. The Kier molecular flexibility index (Phi) is 7.66. The van der Waals surface area contributed by atoms with Crippen LogP contribution in [-0.2, 0) is 5.41 Å². The number of nitrogens with zero attached hydrogens (tertiary/aromatic N) is 2. The molecule has 1 unspecified atom stereocenters. The Morgan fingerprint density at radius 3 is 2.11 bits per heavy atom. The summed E-state index contributed by atoms with van der Waals surface area (Å²) in [5.41, 5.74) is 1.27. The standard InChI is InChI=1S/C15H28BrN3/c1-4-6-8-10-12-15(3,11-9-7-5-2)13-14(16)18-19-17-13/h4-12H2,1-3H3,(H,17,18,19). The number of H-pyrrole nitrogens is 1. The van der Waals surface area contributed by atoms with Gasteiger partial charge < -0.3 is 0 Å². The topological polar surface area (TPSA) is 41.6 Å². The summed E-state index contributed by atoms with van der Waals surface area (Å²) in [7, 11) is 0. The van der Waals surface area contributed by atoms with Crippen LogP contribution >= 0.6 is 15.9 Å². The second kappa shape index (κ2) is 8.72. The summed E-state index contributed by atoms with van der Waals surface area (Å²) in [5.74, 6) is 0. The van der Waals surface area contributed by atoms with Crippen LogP contribution in [0.15, 0.2) is 4.60 Å². The predicted octanol–water partition coefficient (Wildman–Crippen LogP) is 5.38. The van der Waals surface area contributed by atoms with E-state index in [1.165, 1.54) is 57.8 Å². The third-order valence-corrected chi connectivity index (χ3v) is 4.54. The first-order chi connectivity index (χ1) is 9.14. The zero-order valence-corrected chi connectivity index (χ0v) is 14.2. The average molecular weight is 330 g/mol. The minimum Gasteiger partial charge on any atom is -0.251 e. The van der Waals surface area contributed by atoms with E-state index in [4.69, 9.17) is 0 Å². The molecule has 1 N–H and O–H groups in total. The van der Waals surface area contributed by atoms with Gasteiger partial charge in [-0.3, -0.25) is 5.10 Å². The Bertz CT molecular complexity index is 351. The molecule has 0 aromatic carbocycles. The Labute approximate surface area is 126 Å². The van der Waals surface area contributed by atoms with Crippen LogP contribution in [0.25, 0.3) is 0 Å². The molecule has 1 aromatic heterocycles. The van der Waals surface area contributed by atoms with Gasteiger partial charge >= 0.3 is 0 Å². The van der Waals surface area contributed by atoms with Gasteiger partial charge in [0.15, 0.2) is 0 Å². The van der Waals surface area contributed by atoms with Crippen molar-refractivity contribution in [2.24, 2.45) is 0 Å². The van der Waals surface area contributed by atoms with E-state index in [0.29, 0.717) is 0 Å². The molecule has 1 rings (SSSR count). The number of hydrogen-bond acceptors (Lipinski definition) is 2. The maximum absolute atomic E-state index is 4.31. The van der Waals surface area contributed by atoms with Crippen LogP contribution in [0.1, 0.15) is 84.3 Å². The Morgan fingerprint density at radius 2 is 1.58 bits per heavy atom. The molecule has 0 aliphatic heterocycles. The van der Waals surface area contributed by atoms with Gasteiger partial charge in [-0.2, -0.15) is 0 Å². The fourth-order valence-electron chi connectivity index (χ4n) is 2.67. The molecular formula is C15H28BrN3. The molecule has 0 radical (unpaired) electrons. The lowest BCUT2D eigenvalue weighted by Crippen LogP contribution is -2.23. The second-order valence-electron chi connectivity index (χ2n) is 5.80. The molecule has 3 nitrogen and oxygen atoms in total. The highest BCUT2D eigenvalue weighted by Gasteiger charge is 2.30. The molecule has 0 fully saturated rings. The SMILES string of the molecule is CCCCCCC(C)(CCCCC)c1nn[nH]c1Br. The number of hydrogen-bond donors (Lipinski definition) is 1. The second-order valence-corrected chi connectivity index (χ2v) is 6.60. The summed E-state index contributed by atoms with van der Waals surface area (Å²) in [4.78, 5) is 0. The lowest BCUT2D eigenvalue weighted by Gasteiger charge is -2.28. The molecule has 1 heterocycles. The highest BCUT2D eigenvalue weighted by Crippen LogP contribution is 2.36. The summed E-state index contributed by atoms with van der Waals surface area (Å²) >= 11 is 3.55. The van der Waals surface area contributed by atoms with Crippen molar-refractivity contribution in [1.29, 1.82) is 0 Å². The third kappa shape index (κ3) is 5.25. The van der Waals surface area contributed by atoms with Gasteiger partial charge in [-0.05, 0) is 28.8 Å². The van der Waals surface area contributed by atoms with Gasteiger partial charge in [0.05, 0.1) is 0 Å². The molecule has 1 atom stereocenters. The van der Waals surface area contributed by atoms with Crippen molar-refractivity contribution in [3.63, 3.8) is 0 Å². The highest BCUT2D eigenvalue weighted by atomic mass is 79.9. The van der Waals surface area contributed by atoms with Crippen LogP contribution in [0, 0.1) is 0 Å². The Morgan fingerprint density at radius 1 is 1.00 bits per heavy atom. The van der Waals surface area contributed by atoms with Crippen LogP contribution in [-0.4, -0.2) is 15.4 Å². The molecule has 0 saturated carbocycles. The van der Waals surface area contributed by atoms with Crippen molar-refractivity contribution in [3.8, 4) is 0 Å². The Balaban J connectivity index is 2.64. The van der Waals surface area contributed by atoms with Gasteiger partial charge in [-0.1, -0.05) is 70.9 Å². The third-order valence-electron chi connectivity index (χ3n) is 3.99. The molecule has 0 aliphatic carbocycles. The quantitative estimate of drug-likeness (QED) is 0.586. The fraction of sp³-hybridized carbons (Fsp3) is 0.867. The number of nitrogens with one attached hydrogen (secondary N) is 1. The average Bonchev–Trinajstić information content (AvgIpc) is 2.82. The van der Waals surface area contributed by atoms with Crippen molar-refractivity contribution < 1.29 is 0 Å². The van der Waals surface area contributed by atoms with Gasteiger partial charge in [0.2, 0.25) is 0 Å². The summed E-state index contributed by atoms with van der Waals surface area (Å²) in [5, 5.41) is 11.2. The van der Waals surface area contributed by atoms with Crippen molar-refractivity contribution in [3.05, 3.63) is 10.3 Å². The summed E-state index contributed by atoms with van der Waals surface area (Å²) in [6.45, 7) is 6.86. The van der Waals surface area contributed by atoms with Crippen LogP contribution in [0.2, 0.25) is 0 Å². The monoisotopic (exact) mass is 329 g/mol. The first-order valence-electron chi connectivity index (χ1n) is 7.71. The molecule has 1 aromatic rings. The van der Waals surface area contributed by atoms with E-state index in [2.05, 4.69) is 52.1 Å². The van der Waals surface area contributed by atoms with Crippen LogP contribution in [0.3, 0.4) is 0 Å². The molecule has 110 valence electrons. The summed E-state index contributed by atoms with van der Waals surface area (Å²) in [6, 6.07) is 0. The Hall–Kier alpha value is -0.380. The van der Waals surface area contributed by atoms with Crippen molar-refractivity contribution in [1.82, 2.24) is 15.4 Å².